The molecular formula is C40H38BN3. The Morgan fingerprint density at radius 2 is 1.11 bits per heavy atom. The number of anilines is 3. The van der Waals surface area contributed by atoms with Crippen LogP contribution in [0.15, 0.2) is 122 Å². The molecule has 0 saturated heterocycles. The number of aryl methyl sites for hydroxylation is 6. The number of aromatic nitrogens is 2. The number of hydrogen-bond donors (Lipinski definition) is 0. The summed E-state index contributed by atoms with van der Waals surface area (Å²) in [4.78, 5) is 11.1. The average Bonchev–Trinajstić information content (AvgIpc) is 3.01. The topological polar surface area (TPSA) is 29.0 Å². The molecule has 1 heterocycles. The molecule has 4 heteroatoms. The van der Waals surface area contributed by atoms with Gasteiger partial charge in [0.05, 0.1) is 5.69 Å². The first-order valence-electron chi connectivity index (χ1n) is 15.3. The molecule has 0 N–H and O–H groups in total. The molecule has 0 atom stereocenters. The maximum Gasteiger partial charge on any atom is 0.242 e. The van der Waals surface area contributed by atoms with Crippen molar-refractivity contribution in [1.29, 1.82) is 0 Å². The Bertz CT molecular complexity index is 1810. The van der Waals surface area contributed by atoms with Gasteiger partial charge < -0.3 is 0 Å². The number of rotatable bonds is 7. The van der Waals surface area contributed by atoms with Crippen LogP contribution < -0.4 is 21.3 Å². The first-order chi connectivity index (χ1) is 21.3. The SMILES string of the molecule is Cc1cc(C)c(B(c2ccc(N(c3ccncn3)c3ccccc3-c3ccccc3)cc2)c2c(C)cc(C)cc2C)c(C)c1. The van der Waals surface area contributed by atoms with Crippen molar-refractivity contribution in [2.45, 2.75) is 41.5 Å². The van der Waals surface area contributed by atoms with E-state index < -0.39 is 0 Å². The van der Waals surface area contributed by atoms with Crippen molar-refractivity contribution >= 4 is 40.3 Å². The largest absolute Gasteiger partial charge is 0.294 e. The summed E-state index contributed by atoms with van der Waals surface area (Å²) in [6, 6.07) is 39.4. The second-order valence-electron chi connectivity index (χ2n) is 11.9. The lowest BCUT2D eigenvalue weighted by molar-refractivity contribution is 1.11. The Hall–Kier alpha value is -4.96. The van der Waals surface area contributed by atoms with Crippen LogP contribution in [0.4, 0.5) is 17.2 Å². The quantitative estimate of drug-likeness (QED) is 0.182. The zero-order valence-electron chi connectivity index (χ0n) is 26.5. The van der Waals surface area contributed by atoms with Crippen LogP contribution in [0.2, 0.25) is 0 Å². The molecule has 6 aromatic rings. The van der Waals surface area contributed by atoms with Gasteiger partial charge in [-0.05, 0) is 71.4 Å². The third-order valence-electron chi connectivity index (χ3n) is 8.56. The minimum Gasteiger partial charge on any atom is -0.294 e. The van der Waals surface area contributed by atoms with Crippen LogP contribution in [0.25, 0.3) is 11.1 Å². The molecule has 0 bridgehead atoms. The van der Waals surface area contributed by atoms with E-state index in [1.807, 2.05) is 6.07 Å². The molecule has 1 aromatic heterocycles. The highest BCUT2D eigenvalue weighted by Crippen LogP contribution is 2.39. The summed E-state index contributed by atoms with van der Waals surface area (Å²) in [5.41, 5.74) is 16.4. The average molecular weight is 572 g/mol. The molecule has 0 aliphatic carbocycles. The van der Waals surface area contributed by atoms with Gasteiger partial charge in [-0.1, -0.05) is 135 Å². The summed E-state index contributed by atoms with van der Waals surface area (Å²) in [6.07, 6.45) is 3.42. The number of nitrogens with zero attached hydrogens (tertiary/aromatic N) is 3. The molecule has 3 nitrogen and oxygen atoms in total. The maximum atomic E-state index is 4.70. The Balaban J connectivity index is 1.53. The van der Waals surface area contributed by atoms with Crippen molar-refractivity contribution in [3.63, 3.8) is 0 Å². The highest BCUT2D eigenvalue weighted by molar-refractivity contribution is 6.96. The first-order valence-corrected chi connectivity index (χ1v) is 15.3. The van der Waals surface area contributed by atoms with Crippen LogP contribution in [-0.2, 0) is 0 Å². The molecule has 0 radical (unpaired) electrons. The van der Waals surface area contributed by atoms with E-state index in [0.717, 1.165) is 28.3 Å². The van der Waals surface area contributed by atoms with E-state index in [0.29, 0.717) is 0 Å². The van der Waals surface area contributed by atoms with Gasteiger partial charge in [0, 0.05) is 17.4 Å². The van der Waals surface area contributed by atoms with E-state index >= 15 is 0 Å². The van der Waals surface area contributed by atoms with E-state index in [4.69, 9.17) is 4.98 Å². The van der Waals surface area contributed by atoms with Crippen molar-refractivity contribution in [2.75, 3.05) is 4.90 Å². The molecule has 6 rings (SSSR count). The maximum absolute atomic E-state index is 4.70. The molecule has 5 aromatic carbocycles. The van der Waals surface area contributed by atoms with Crippen LogP contribution >= 0.6 is 0 Å². The highest BCUT2D eigenvalue weighted by atomic mass is 15.2. The Morgan fingerprint density at radius 1 is 0.568 bits per heavy atom. The summed E-state index contributed by atoms with van der Waals surface area (Å²) in [5, 5.41) is 0. The lowest BCUT2D eigenvalue weighted by Crippen LogP contribution is -2.55. The lowest BCUT2D eigenvalue weighted by Gasteiger charge is -2.28. The van der Waals surface area contributed by atoms with Gasteiger partial charge in [-0.3, -0.25) is 4.90 Å². The summed E-state index contributed by atoms with van der Waals surface area (Å²) in [6.45, 7) is 13.5. The second-order valence-corrected chi connectivity index (χ2v) is 11.9. The summed E-state index contributed by atoms with van der Waals surface area (Å²) in [7, 11) is 0. The van der Waals surface area contributed by atoms with Crippen LogP contribution in [0, 0.1) is 41.5 Å². The summed E-state index contributed by atoms with van der Waals surface area (Å²) in [5.74, 6) is 0.822. The Labute approximate surface area is 262 Å². The minimum atomic E-state index is 0.120. The number of para-hydroxylation sites is 1. The van der Waals surface area contributed by atoms with Crippen molar-refractivity contribution in [3.05, 3.63) is 155 Å². The van der Waals surface area contributed by atoms with Gasteiger partial charge in [0.15, 0.2) is 0 Å². The smallest absolute Gasteiger partial charge is 0.242 e. The fourth-order valence-electron chi connectivity index (χ4n) is 6.93. The van der Waals surface area contributed by atoms with Crippen LogP contribution in [-0.4, -0.2) is 16.7 Å². The van der Waals surface area contributed by atoms with Crippen molar-refractivity contribution in [1.82, 2.24) is 9.97 Å². The van der Waals surface area contributed by atoms with Gasteiger partial charge in [-0.25, -0.2) is 9.97 Å². The first kappa shape index (κ1) is 29.1. The number of benzene rings is 5. The van der Waals surface area contributed by atoms with Crippen LogP contribution in [0.3, 0.4) is 0 Å². The van der Waals surface area contributed by atoms with Gasteiger partial charge in [-0.15, -0.1) is 0 Å². The minimum absolute atomic E-state index is 0.120. The second kappa shape index (κ2) is 12.3. The summed E-state index contributed by atoms with van der Waals surface area (Å²) < 4.78 is 0. The van der Waals surface area contributed by atoms with Gasteiger partial charge in [0.2, 0.25) is 6.71 Å². The Morgan fingerprint density at radius 3 is 1.66 bits per heavy atom. The lowest BCUT2D eigenvalue weighted by atomic mass is 9.34. The van der Waals surface area contributed by atoms with Crippen molar-refractivity contribution in [3.8, 4) is 11.1 Å². The van der Waals surface area contributed by atoms with Gasteiger partial charge in [-0.2, -0.15) is 0 Å². The van der Waals surface area contributed by atoms with E-state index in [1.54, 1.807) is 12.5 Å². The third kappa shape index (κ3) is 5.68. The Kier molecular flexibility index (Phi) is 8.17. The molecule has 0 aliphatic rings. The van der Waals surface area contributed by atoms with Gasteiger partial charge in [0.25, 0.3) is 0 Å². The molecule has 0 saturated carbocycles. The standard InChI is InChI=1S/C40H38BN3/c1-27-22-29(3)39(30(4)23-27)41(40-31(5)24-28(2)25-32(40)6)34-16-18-35(19-17-34)44(38-20-21-42-26-43-38)37-15-11-10-14-36(37)33-12-8-7-9-13-33/h7-26H,1-6H3. The third-order valence-corrected chi connectivity index (χ3v) is 8.56. The zero-order chi connectivity index (χ0) is 30.8. The van der Waals surface area contributed by atoms with E-state index in [2.05, 4.69) is 155 Å². The molecule has 44 heavy (non-hydrogen) atoms. The van der Waals surface area contributed by atoms with E-state index in [1.165, 1.54) is 49.8 Å². The fourth-order valence-corrected chi connectivity index (χ4v) is 6.93. The highest BCUT2D eigenvalue weighted by Gasteiger charge is 2.29. The number of hydrogen-bond acceptors (Lipinski definition) is 3. The normalized spacial score (nSPS) is 11.0. The van der Waals surface area contributed by atoms with Crippen molar-refractivity contribution < 1.29 is 0 Å². The molecule has 0 fully saturated rings. The molecule has 0 unspecified atom stereocenters. The predicted octanol–water partition coefficient (Wildman–Crippen LogP) is 7.98. The van der Waals surface area contributed by atoms with Crippen LogP contribution in [0.1, 0.15) is 33.4 Å². The van der Waals surface area contributed by atoms with Crippen molar-refractivity contribution in [2.24, 2.45) is 0 Å². The van der Waals surface area contributed by atoms with Crippen LogP contribution in [0.5, 0.6) is 0 Å². The van der Waals surface area contributed by atoms with Gasteiger partial charge in [0.1, 0.15) is 12.1 Å². The van der Waals surface area contributed by atoms with Gasteiger partial charge >= 0.3 is 0 Å². The molecule has 0 amide bonds. The van der Waals surface area contributed by atoms with E-state index in [-0.39, 0.29) is 6.71 Å². The summed E-state index contributed by atoms with van der Waals surface area (Å²) >= 11 is 0. The van der Waals surface area contributed by atoms with E-state index in [9.17, 15) is 0 Å². The fraction of sp³-hybridized carbons (Fsp3) is 0.150. The molecule has 0 aliphatic heterocycles. The molecule has 216 valence electrons. The molecule has 0 spiro atoms. The molecular weight excluding hydrogens is 533 g/mol. The zero-order valence-corrected chi connectivity index (χ0v) is 26.5. The predicted molar refractivity (Wildman–Crippen MR) is 188 cm³/mol. The monoisotopic (exact) mass is 571 g/mol.